The van der Waals surface area contributed by atoms with Gasteiger partial charge in [0.15, 0.2) is 29.0 Å². The number of benzene rings is 2. The molecule has 0 unspecified atom stereocenters. The molecular weight excluding hydrogens is 509 g/mol. The molecule has 2 N–H and O–H groups in total. The molecule has 0 aromatic heterocycles. The van der Waals surface area contributed by atoms with Gasteiger partial charge >= 0.3 is 0 Å². The SMILES string of the molecule is CCNC(=NCc1ccc(OC)c(OCC)c1)NCCc1ccc(OC)c(OC)c1.I. The van der Waals surface area contributed by atoms with Crippen molar-refractivity contribution in [1.82, 2.24) is 10.6 Å². The zero-order valence-electron chi connectivity index (χ0n) is 19.0. The van der Waals surface area contributed by atoms with Crippen molar-refractivity contribution in [1.29, 1.82) is 0 Å². The third-order valence-electron chi connectivity index (χ3n) is 4.45. The van der Waals surface area contributed by atoms with E-state index in [4.69, 9.17) is 18.9 Å². The van der Waals surface area contributed by atoms with Crippen LogP contribution in [0.4, 0.5) is 0 Å². The number of methoxy groups -OCH3 is 3. The summed E-state index contributed by atoms with van der Waals surface area (Å²) in [6.07, 6.45) is 0.835. The van der Waals surface area contributed by atoms with Gasteiger partial charge in [-0.15, -0.1) is 24.0 Å². The summed E-state index contributed by atoms with van der Waals surface area (Å²) < 4.78 is 21.7. The Morgan fingerprint density at radius 1 is 0.806 bits per heavy atom. The van der Waals surface area contributed by atoms with Crippen LogP contribution in [-0.4, -0.2) is 47.0 Å². The van der Waals surface area contributed by atoms with Crippen molar-refractivity contribution in [3.05, 3.63) is 47.5 Å². The number of nitrogens with zero attached hydrogens (tertiary/aromatic N) is 1. The highest BCUT2D eigenvalue weighted by molar-refractivity contribution is 14.0. The summed E-state index contributed by atoms with van der Waals surface area (Å²) in [5.41, 5.74) is 2.21. The van der Waals surface area contributed by atoms with Crippen molar-refractivity contribution in [3.63, 3.8) is 0 Å². The summed E-state index contributed by atoms with van der Waals surface area (Å²) >= 11 is 0. The molecule has 0 aliphatic carbocycles. The van der Waals surface area contributed by atoms with Crippen LogP contribution < -0.4 is 29.6 Å². The quantitative estimate of drug-likeness (QED) is 0.254. The summed E-state index contributed by atoms with van der Waals surface area (Å²) in [7, 11) is 4.92. The molecule has 2 aromatic rings. The third-order valence-corrected chi connectivity index (χ3v) is 4.45. The van der Waals surface area contributed by atoms with E-state index in [-0.39, 0.29) is 24.0 Å². The number of halogens is 1. The van der Waals surface area contributed by atoms with Crippen molar-refractivity contribution in [3.8, 4) is 23.0 Å². The lowest BCUT2D eigenvalue weighted by molar-refractivity contribution is 0.310. The zero-order valence-corrected chi connectivity index (χ0v) is 21.3. The fourth-order valence-electron chi connectivity index (χ4n) is 2.96. The summed E-state index contributed by atoms with van der Waals surface area (Å²) in [6.45, 7) is 6.66. The summed E-state index contributed by atoms with van der Waals surface area (Å²) in [6, 6.07) is 11.8. The lowest BCUT2D eigenvalue weighted by Crippen LogP contribution is -2.38. The maximum atomic E-state index is 5.65. The van der Waals surface area contributed by atoms with Crippen LogP contribution in [0.5, 0.6) is 23.0 Å². The van der Waals surface area contributed by atoms with Crippen LogP contribution in [0.2, 0.25) is 0 Å². The predicted molar refractivity (Wildman–Crippen MR) is 136 cm³/mol. The van der Waals surface area contributed by atoms with Crippen LogP contribution in [0.1, 0.15) is 25.0 Å². The normalized spacial score (nSPS) is 10.7. The Labute approximate surface area is 202 Å². The second kappa shape index (κ2) is 14.6. The minimum absolute atomic E-state index is 0. The molecule has 0 saturated carbocycles. The van der Waals surface area contributed by atoms with Gasteiger partial charge in [-0.1, -0.05) is 12.1 Å². The maximum Gasteiger partial charge on any atom is 0.191 e. The number of rotatable bonds is 11. The van der Waals surface area contributed by atoms with E-state index in [0.717, 1.165) is 59.6 Å². The Balaban J connectivity index is 0.00000480. The minimum Gasteiger partial charge on any atom is -0.493 e. The van der Waals surface area contributed by atoms with Crippen molar-refractivity contribution < 1.29 is 18.9 Å². The number of ether oxygens (including phenoxy) is 4. The van der Waals surface area contributed by atoms with Crippen LogP contribution in [0.15, 0.2) is 41.4 Å². The molecule has 0 saturated heterocycles. The van der Waals surface area contributed by atoms with Gasteiger partial charge in [0.05, 0.1) is 34.5 Å². The molecule has 0 spiro atoms. The molecule has 8 heteroatoms. The molecule has 0 fully saturated rings. The van der Waals surface area contributed by atoms with Gasteiger partial charge < -0.3 is 29.6 Å². The van der Waals surface area contributed by atoms with E-state index in [1.165, 1.54) is 0 Å². The molecule has 0 bridgehead atoms. The number of hydrogen-bond donors (Lipinski definition) is 2. The van der Waals surface area contributed by atoms with E-state index in [1.54, 1.807) is 21.3 Å². The average molecular weight is 543 g/mol. The Kier molecular flexibility index (Phi) is 12.6. The smallest absolute Gasteiger partial charge is 0.191 e. The fraction of sp³-hybridized carbons (Fsp3) is 0.435. The van der Waals surface area contributed by atoms with Gasteiger partial charge in [-0.05, 0) is 55.7 Å². The van der Waals surface area contributed by atoms with E-state index in [1.807, 2.05) is 50.2 Å². The molecule has 0 amide bonds. The molecule has 7 nitrogen and oxygen atoms in total. The van der Waals surface area contributed by atoms with Gasteiger partial charge in [0.2, 0.25) is 0 Å². The molecule has 0 aliphatic heterocycles. The fourth-order valence-corrected chi connectivity index (χ4v) is 2.96. The Hall–Kier alpha value is -2.36. The Morgan fingerprint density at radius 3 is 2.03 bits per heavy atom. The molecule has 0 aliphatic rings. The van der Waals surface area contributed by atoms with Gasteiger partial charge in [0.1, 0.15) is 0 Å². The average Bonchev–Trinajstić information content (AvgIpc) is 2.77. The predicted octanol–water partition coefficient (Wildman–Crippen LogP) is 4.03. The molecule has 0 radical (unpaired) electrons. The maximum absolute atomic E-state index is 5.65. The second-order valence-corrected chi connectivity index (χ2v) is 6.48. The van der Waals surface area contributed by atoms with E-state index in [0.29, 0.717) is 13.2 Å². The molecule has 172 valence electrons. The van der Waals surface area contributed by atoms with E-state index >= 15 is 0 Å². The van der Waals surface area contributed by atoms with Crippen LogP contribution in [0.3, 0.4) is 0 Å². The lowest BCUT2D eigenvalue weighted by atomic mass is 10.1. The first-order valence-electron chi connectivity index (χ1n) is 10.2. The van der Waals surface area contributed by atoms with Gasteiger partial charge in [-0.2, -0.15) is 0 Å². The molecule has 2 aromatic carbocycles. The molecule has 0 atom stereocenters. The number of nitrogens with one attached hydrogen (secondary N) is 2. The lowest BCUT2D eigenvalue weighted by Gasteiger charge is -2.13. The summed E-state index contributed by atoms with van der Waals surface area (Å²) in [4.78, 5) is 4.69. The summed E-state index contributed by atoms with van der Waals surface area (Å²) in [5.74, 6) is 3.70. The van der Waals surface area contributed by atoms with Gasteiger partial charge in [-0.3, -0.25) is 0 Å². The van der Waals surface area contributed by atoms with Gasteiger partial charge in [0, 0.05) is 13.1 Å². The third kappa shape index (κ3) is 8.35. The monoisotopic (exact) mass is 543 g/mol. The molecule has 2 rings (SSSR count). The Bertz CT molecular complexity index is 830. The molecule has 31 heavy (non-hydrogen) atoms. The van der Waals surface area contributed by atoms with Crippen molar-refractivity contribution in [2.24, 2.45) is 4.99 Å². The van der Waals surface area contributed by atoms with Crippen LogP contribution >= 0.6 is 24.0 Å². The number of guanidine groups is 1. The largest absolute Gasteiger partial charge is 0.493 e. The highest BCUT2D eigenvalue weighted by Gasteiger charge is 2.07. The number of hydrogen-bond acceptors (Lipinski definition) is 5. The van der Waals surface area contributed by atoms with E-state index in [9.17, 15) is 0 Å². The standard InChI is InChI=1S/C23H33N3O4.HI/c1-6-24-23(25-13-12-17-8-10-19(27-3)21(14-17)29-5)26-16-18-9-11-20(28-4)22(15-18)30-7-2;/h8-11,14-15H,6-7,12-13,16H2,1-5H3,(H2,24,25,26);1H. The highest BCUT2D eigenvalue weighted by atomic mass is 127. The topological polar surface area (TPSA) is 73.3 Å². The minimum atomic E-state index is 0. The van der Waals surface area contributed by atoms with Crippen LogP contribution in [0.25, 0.3) is 0 Å². The molecular formula is C23H34IN3O4. The van der Waals surface area contributed by atoms with Gasteiger partial charge in [-0.25, -0.2) is 4.99 Å². The number of aliphatic imine (C=N–C) groups is 1. The van der Waals surface area contributed by atoms with E-state index in [2.05, 4.69) is 15.6 Å². The molecule has 0 heterocycles. The van der Waals surface area contributed by atoms with Gasteiger partial charge in [0.25, 0.3) is 0 Å². The highest BCUT2D eigenvalue weighted by Crippen LogP contribution is 2.28. The van der Waals surface area contributed by atoms with Crippen LogP contribution in [0, 0.1) is 0 Å². The first kappa shape index (κ1) is 26.7. The second-order valence-electron chi connectivity index (χ2n) is 6.48. The van der Waals surface area contributed by atoms with Crippen LogP contribution in [-0.2, 0) is 13.0 Å². The Morgan fingerprint density at radius 2 is 1.42 bits per heavy atom. The van der Waals surface area contributed by atoms with E-state index < -0.39 is 0 Å². The van der Waals surface area contributed by atoms with Crippen molar-refractivity contribution in [2.45, 2.75) is 26.8 Å². The summed E-state index contributed by atoms with van der Waals surface area (Å²) in [5, 5.41) is 6.66. The zero-order chi connectivity index (χ0) is 21.8. The first-order valence-corrected chi connectivity index (χ1v) is 10.2. The van der Waals surface area contributed by atoms with Crippen molar-refractivity contribution in [2.75, 3.05) is 41.0 Å². The van der Waals surface area contributed by atoms with Crippen molar-refractivity contribution >= 4 is 29.9 Å². The first-order chi connectivity index (χ1) is 14.6.